The SMILES string of the molecule is CCc1nc(Cl)c2n1CCNC2CCc1ccc(C(F)(F)F)c(Cl)c1. The Morgan fingerprint density at radius 2 is 2.08 bits per heavy atom. The van der Waals surface area contributed by atoms with Gasteiger partial charge in [-0.25, -0.2) is 4.98 Å². The van der Waals surface area contributed by atoms with Crippen LogP contribution < -0.4 is 5.32 Å². The Balaban J connectivity index is 1.76. The summed E-state index contributed by atoms with van der Waals surface area (Å²) in [5.41, 5.74) is 0.925. The number of halogens is 5. The molecule has 0 spiro atoms. The molecule has 8 heteroatoms. The zero-order valence-electron chi connectivity index (χ0n) is 13.6. The molecule has 1 aromatic heterocycles. The first-order chi connectivity index (χ1) is 11.8. The highest BCUT2D eigenvalue weighted by Gasteiger charge is 2.33. The minimum absolute atomic E-state index is 0.0233. The van der Waals surface area contributed by atoms with Gasteiger partial charge in [0.15, 0.2) is 5.15 Å². The highest BCUT2D eigenvalue weighted by atomic mass is 35.5. The van der Waals surface area contributed by atoms with E-state index in [0.29, 0.717) is 18.0 Å². The molecule has 3 nitrogen and oxygen atoms in total. The lowest BCUT2D eigenvalue weighted by Gasteiger charge is -2.27. The topological polar surface area (TPSA) is 29.9 Å². The molecule has 0 bridgehead atoms. The number of aryl methyl sites for hydroxylation is 2. The molecule has 3 rings (SSSR count). The first-order valence-electron chi connectivity index (χ1n) is 8.15. The molecule has 0 radical (unpaired) electrons. The second-order valence-corrected chi connectivity index (χ2v) is 6.83. The molecule has 1 aliphatic heterocycles. The molecule has 1 unspecified atom stereocenters. The molecule has 1 N–H and O–H groups in total. The van der Waals surface area contributed by atoms with Crippen LogP contribution in [0.4, 0.5) is 13.2 Å². The van der Waals surface area contributed by atoms with Crippen molar-refractivity contribution in [2.24, 2.45) is 0 Å². The van der Waals surface area contributed by atoms with Crippen LogP contribution in [0.15, 0.2) is 18.2 Å². The third-order valence-electron chi connectivity index (χ3n) is 4.47. The van der Waals surface area contributed by atoms with Crippen molar-refractivity contribution < 1.29 is 13.2 Å². The van der Waals surface area contributed by atoms with Crippen LogP contribution in [0.25, 0.3) is 0 Å². The van der Waals surface area contributed by atoms with Crippen LogP contribution in [0.5, 0.6) is 0 Å². The van der Waals surface area contributed by atoms with Gasteiger partial charge in [0.25, 0.3) is 0 Å². The first-order valence-corrected chi connectivity index (χ1v) is 8.90. The van der Waals surface area contributed by atoms with Crippen molar-refractivity contribution in [3.8, 4) is 0 Å². The highest BCUT2D eigenvalue weighted by Crippen LogP contribution is 2.36. The van der Waals surface area contributed by atoms with Crippen molar-refractivity contribution in [1.82, 2.24) is 14.9 Å². The maximum absolute atomic E-state index is 12.8. The maximum Gasteiger partial charge on any atom is 0.417 e. The second-order valence-electron chi connectivity index (χ2n) is 6.07. The van der Waals surface area contributed by atoms with Crippen LogP contribution in [-0.2, 0) is 25.6 Å². The van der Waals surface area contributed by atoms with Crippen molar-refractivity contribution in [1.29, 1.82) is 0 Å². The number of rotatable bonds is 4. The fourth-order valence-corrected chi connectivity index (χ4v) is 3.92. The minimum Gasteiger partial charge on any atom is -0.328 e. The normalized spacial score (nSPS) is 17.6. The fourth-order valence-electron chi connectivity index (χ4n) is 3.27. The van der Waals surface area contributed by atoms with E-state index in [-0.39, 0.29) is 11.1 Å². The van der Waals surface area contributed by atoms with Gasteiger partial charge in [-0.1, -0.05) is 36.2 Å². The summed E-state index contributed by atoms with van der Waals surface area (Å²) in [5, 5.41) is 3.65. The summed E-state index contributed by atoms with van der Waals surface area (Å²) in [7, 11) is 0. The minimum atomic E-state index is -4.43. The number of fused-ring (bicyclic) bond motifs is 1. The Labute approximate surface area is 154 Å². The van der Waals surface area contributed by atoms with Crippen LogP contribution in [-0.4, -0.2) is 16.1 Å². The number of aromatic nitrogens is 2. The summed E-state index contributed by atoms with van der Waals surface area (Å²) in [6.07, 6.45) is -2.33. The molecule has 0 aliphatic carbocycles. The lowest BCUT2D eigenvalue weighted by Crippen LogP contribution is -2.34. The Bertz CT molecular complexity index is 771. The molecule has 1 aliphatic rings. The van der Waals surface area contributed by atoms with E-state index < -0.39 is 11.7 Å². The van der Waals surface area contributed by atoms with Gasteiger partial charge in [-0.2, -0.15) is 13.2 Å². The summed E-state index contributed by atoms with van der Waals surface area (Å²) in [5.74, 6) is 0.962. The number of nitrogens with one attached hydrogen (secondary N) is 1. The van der Waals surface area contributed by atoms with E-state index in [1.807, 2.05) is 6.92 Å². The van der Waals surface area contributed by atoms with E-state index >= 15 is 0 Å². The molecule has 25 heavy (non-hydrogen) atoms. The van der Waals surface area contributed by atoms with Crippen LogP contribution in [0.1, 0.15) is 42.0 Å². The smallest absolute Gasteiger partial charge is 0.328 e. The van der Waals surface area contributed by atoms with Gasteiger partial charge in [0.1, 0.15) is 5.82 Å². The van der Waals surface area contributed by atoms with Gasteiger partial charge in [0.2, 0.25) is 0 Å². The maximum atomic E-state index is 12.8. The summed E-state index contributed by atoms with van der Waals surface area (Å²) in [4.78, 5) is 4.41. The summed E-state index contributed by atoms with van der Waals surface area (Å²) in [6, 6.07) is 3.94. The van der Waals surface area contributed by atoms with Crippen molar-refractivity contribution in [2.45, 2.75) is 44.9 Å². The van der Waals surface area contributed by atoms with E-state index in [2.05, 4.69) is 14.9 Å². The van der Waals surface area contributed by atoms with E-state index in [1.165, 1.54) is 12.1 Å². The number of benzene rings is 1. The van der Waals surface area contributed by atoms with Gasteiger partial charge < -0.3 is 9.88 Å². The number of nitrogens with zero attached hydrogens (tertiary/aromatic N) is 2. The molecule has 0 saturated heterocycles. The molecule has 136 valence electrons. The molecular weight excluding hydrogens is 374 g/mol. The Hall–Kier alpha value is -1.24. The zero-order valence-corrected chi connectivity index (χ0v) is 15.1. The van der Waals surface area contributed by atoms with E-state index in [0.717, 1.165) is 42.7 Å². The molecule has 2 aromatic rings. The van der Waals surface area contributed by atoms with Gasteiger partial charge >= 0.3 is 6.18 Å². The van der Waals surface area contributed by atoms with E-state index in [9.17, 15) is 13.2 Å². The zero-order chi connectivity index (χ0) is 18.2. The van der Waals surface area contributed by atoms with E-state index in [4.69, 9.17) is 23.2 Å². The molecule has 1 atom stereocenters. The summed E-state index contributed by atoms with van der Waals surface area (Å²) >= 11 is 12.1. The Morgan fingerprint density at radius 1 is 1.32 bits per heavy atom. The fraction of sp³-hybridized carbons (Fsp3) is 0.471. The molecule has 1 aromatic carbocycles. The summed E-state index contributed by atoms with van der Waals surface area (Å²) < 4.78 is 40.5. The van der Waals surface area contributed by atoms with Crippen molar-refractivity contribution in [2.75, 3.05) is 6.54 Å². The van der Waals surface area contributed by atoms with Gasteiger partial charge in [0.05, 0.1) is 22.3 Å². The first kappa shape index (κ1) is 18.5. The average Bonchev–Trinajstić information content (AvgIpc) is 2.89. The third-order valence-corrected chi connectivity index (χ3v) is 5.06. The predicted octanol–water partition coefficient (Wildman–Crippen LogP) is 5.05. The van der Waals surface area contributed by atoms with Crippen molar-refractivity contribution in [3.63, 3.8) is 0 Å². The largest absolute Gasteiger partial charge is 0.417 e. The molecular formula is C17H18Cl2F3N3. The lowest BCUT2D eigenvalue weighted by atomic mass is 10.0. The highest BCUT2D eigenvalue weighted by molar-refractivity contribution is 6.31. The van der Waals surface area contributed by atoms with Crippen molar-refractivity contribution in [3.05, 3.63) is 51.0 Å². The second kappa shape index (κ2) is 7.17. The third kappa shape index (κ3) is 3.81. The quantitative estimate of drug-likeness (QED) is 0.790. The standard InChI is InChI=1S/C17H18Cl2F3N3/c1-2-14-24-16(19)15-13(23-7-8-25(14)15)6-4-10-3-5-11(12(18)9-10)17(20,21)22/h3,5,9,13,23H,2,4,6-8H2,1H3. The number of hydrogen-bond acceptors (Lipinski definition) is 2. The van der Waals surface area contributed by atoms with Crippen LogP contribution in [0.3, 0.4) is 0 Å². The summed E-state index contributed by atoms with van der Waals surface area (Å²) in [6.45, 7) is 3.67. The Morgan fingerprint density at radius 3 is 2.72 bits per heavy atom. The molecule has 0 amide bonds. The molecule has 0 fully saturated rings. The van der Waals surface area contributed by atoms with E-state index in [1.54, 1.807) is 0 Å². The van der Waals surface area contributed by atoms with Crippen LogP contribution in [0, 0.1) is 0 Å². The van der Waals surface area contributed by atoms with Gasteiger partial charge in [-0.05, 0) is 30.5 Å². The number of imidazole rings is 1. The van der Waals surface area contributed by atoms with Crippen LogP contribution >= 0.6 is 23.2 Å². The van der Waals surface area contributed by atoms with Crippen LogP contribution in [0.2, 0.25) is 10.2 Å². The molecule has 2 heterocycles. The molecule has 0 saturated carbocycles. The lowest BCUT2D eigenvalue weighted by molar-refractivity contribution is -0.137. The monoisotopic (exact) mass is 391 g/mol. The van der Waals surface area contributed by atoms with Gasteiger partial charge in [-0.3, -0.25) is 0 Å². The van der Waals surface area contributed by atoms with Gasteiger partial charge in [-0.15, -0.1) is 0 Å². The number of alkyl halides is 3. The van der Waals surface area contributed by atoms with Gasteiger partial charge in [0, 0.05) is 19.5 Å². The van der Waals surface area contributed by atoms with Crippen molar-refractivity contribution >= 4 is 23.2 Å². The Kier molecular flexibility index (Phi) is 5.32. The average molecular weight is 392 g/mol. The number of hydrogen-bond donors (Lipinski definition) is 1. The predicted molar refractivity (Wildman–Crippen MR) is 92.1 cm³/mol.